The van der Waals surface area contributed by atoms with Gasteiger partial charge in [0.05, 0.1) is 13.0 Å². The molecule has 1 aliphatic carbocycles. The molecule has 23 heavy (non-hydrogen) atoms. The van der Waals surface area contributed by atoms with Crippen molar-refractivity contribution in [2.24, 2.45) is 5.41 Å². The first kappa shape index (κ1) is 19.5. The molecule has 1 atom stereocenters. The van der Waals surface area contributed by atoms with Crippen molar-refractivity contribution in [1.29, 1.82) is 0 Å². The molecule has 0 bridgehead atoms. The Morgan fingerprint density at radius 1 is 1.39 bits per heavy atom. The molecule has 0 heterocycles. The van der Waals surface area contributed by atoms with E-state index in [-0.39, 0.29) is 18.6 Å². The molecule has 2 N–H and O–H groups in total. The molecule has 128 valence electrons. The van der Waals surface area contributed by atoms with Crippen LogP contribution in [0.5, 0.6) is 0 Å². The summed E-state index contributed by atoms with van der Waals surface area (Å²) in [6, 6.07) is 0. The lowest BCUT2D eigenvalue weighted by Crippen LogP contribution is -2.50. The van der Waals surface area contributed by atoms with Gasteiger partial charge in [0.2, 0.25) is 0 Å². The van der Waals surface area contributed by atoms with E-state index in [4.69, 9.17) is 5.11 Å². The zero-order valence-corrected chi connectivity index (χ0v) is 13.6. The van der Waals surface area contributed by atoms with Crippen molar-refractivity contribution in [3.05, 3.63) is 22.8 Å². The molecule has 0 radical (unpaired) electrons. The summed E-state index contributed by atoms with van der Waals surface area (Å²) in [7, 11) is 0. The van der Waals surface area contributed by atoms with E-state index in [2.05, 4.69) is 11.8 Å². The van der Waals surface area contributed by atoms with Crippen LogP contribution < -0.4 is 0 Å². The fraction of sp³-hybridized carbons (Fsp3) is 0.588. The molecule has 3 nitrogen and oxygen atoms in total. The molecule has 0 amide bonds. The molecule has 1 unspecified atom stereocenters. The number of ketones is 1. The van der Waals surface area contributed by atoms with Crippen LogP contribution in [0.2, 0.25) is 0 Å². The van der Waals surface area contributed by atoms with Gasteiger partial charge in [0, 0.05) is 17.4 Å². The van der Waals surface area contributed by atoms with Crippen molar-refractivity contribution >= 4 is 5.78 Å². The first-order valence-corrected chi connectivity index (χ1v) is 7.17. The van der Waals surface area contributed by atoms with Gasteiger partial charge in [-0.2, -0.15) is 13.2 Å². The number of aliphatic hydroxyl groups excluding tert-OH is 1. The van der Waals surface area contributed by atoms with E-state index < -0.39 is 35.0 Å². The topological polar surface area (TPSA) is 57.5 Å². The summed E-state index contributed by atoms with van der Waals surface area (Å²) in [6.07, 6.45) is -4.70. The Morgan fingerprint density at radius 3 is 2.43 bits per heavy atom. The summed E-state index contributed by atoms with van der Waals surface area (Å²) in [4.78, 5) is 12.1. The van der Waals surface area contributed by atoms with Crippen LogP contribution in [0, 0.1) is 17.3 Å². The van der Waals surface area contributed by atoms with E-state index in [9.17, 15) is 23.1 Å². The molecule has 0 spiro atoms. The number of hydrogen-bond acceptors (Lipinski definition) is 3. The van der Waals surface area contributed by atoms with E-state index in [0.29, 0.717) is 5.57 Å². The van der Waals surface area contributed by atoms with E-state index in [1.54, 1.807) is 20.8 Å². The van der Waals surface area contributed by atoms with Crippen molar-refractivity contribution in [2.75, 3.05) is 6.61 Å². The monoisotopic (exact) mass is 330 g/mol. The van der Waals surface area contributed by atoms with Crippen molar-refractivity contribution in [3.63, 3.8) is 0 Å². The third-order valence-electron chi connectivity index (χ3n) is 4.13. The second-order valence-electron chi connectivity index (χ2n) is 6.41. The zero-order chi connectivity index (χ0) is 18.1. The smallest absolute Gasteiger partial charge is 0.392 e. The molecule has 6 heteroatoms. The van der Waals surface area contributed by atoms with Gasteiger partial charge in [0.15, 0.2) is 11.4 Å². The van der Waals surface area contributed by atoms with Gasteiger partial charge in [0.1, 0.15) is 0 Å². The number of hydrogen-bond donors (Lipinski definition) is 2. The SMILES string of the molecule is CC1=C(CC(F)(F)F)C(=O)CC(C)(C)C1(O)C#C/C(C)=C\CO. The summed E-state index contributed by atoms with van der Waals surface area (Å²) < 4.78 is 38.1. The Hall–Kier alpha value is -1.58. The highest BCUT2D eigenvalue weighted by molar-refractivity contribution is 5.98. The third-order valence-corrected chi connectivity index (χ3v) is 4.13. The van der Waals surface area contributed by atoms with Crippen LogP contribution in [0.25, 0.3) is 0 Å². The van der Waals surface area contributed by atoms with Gasteiger partial charge in [-0.15, -0.1) is 0 Å². The average Bonchev–Trinajstić information content (AvgIpc) is 2.38. The number of carbonyl (C=O) groups excluding carboxylic acids is 1. The fourth-order valence-electron chi connectivity index (χ4n) is 2.64. The molecule has 1 rings (SSSR count). The molecule has 0 aliphatic heterocycles. The van der Waals surface area contributed by atoms with E-state index >= 15 is 0 Å². The summed E-state index contributed by atoms with van der Waals surface area (Å²) in [6.45, 7) is 5.90. The van der Waals surface area contributed by atoms with Crippen molar-refractivity contribution in [3.8, 4) is 11.8 Å². The van der Waals surface area contributed by atoms with Crippen molar-refractivity contribution < 1.29 is 28.2 Å². The lowest BCUT2D eigenvalue weighted by molar-refractivity contribution is -0.138. The molecule has 0 aromatic rings. The summed E-state index contributed by atoms with van der Waals surface area (Å²) in [5, 5.41) is 19.7. The number of carbonyl (C=O) groups is 1. The van der Waals surface area contributed by atoms with Gasteiger partial charge in [-0.3, -0.25) is 4.79 Å². The van der Waals surface area contributed by atoms with Crippen LogP contribution in [-0.4, -0.2) is 34.4 Å². The molecule has 0 saturated carbocycles. The minimum atomic E-state index is -4.53. The highest BCUT2D eigenvalue weighted by Gasteiger charge is 2.51. The summed E-state index contributed by atoms with van der Waals surface area (Å²) in [5.74, 6) is 4.65. The predicted molar refractivity (Wildman–Crippen MR) is 80.3 cm³/mol. The summed E-state index contributed by atoms with van der Waals surface area (Å²) >= 11 is 0. The number of Topliss-reactive ketones (excluding diaryl/α,β-unsaturated/α-hetero) is 1. The number of allylic oxidation sites excluding steroid dienone is 2. The van der Waals surface area contributed by atoms with Gasteiger partial charge >= 0.3 is 6.18 Å². The first-order chi connectivity index (χ1) is 10.3. The first-order valence-electron chi connectivity index (χ1n) is 7.17. The highest BCUT2D eigenvalue weighted by atomic mass is 19.4. The van der Waals surface area contributed by atoms with Gasteiger partial charge < -0.3 is 10.2 Å². The quantitative estimate of drug-likeness (QED) is 0.766. The molecule has 0 aromatic carbocycles. The van der Waals surface area contributed by atoms with Gasteiger partial charge in [0.25, 0.3) is 0 Å². The molecule has 1 aliphatic rings. The third kappa shape index (κ3) is 4.24. The number of alkyl halides is 3. The Labute approximate surface area is 133 Å². The Morgan fingerprint density at radius 2 is 1.96 bits per heavy atom. The molecular weight excluding hydrogens is 309 g/mol. The second-order valence-corrected chi connectivity index (χ2v) is 6.41. The predicted octanol–water partition coefficient (Wildman–Crippen LogP) is 2.93. The Kier molecular flexibility index (Phi) is 5.50. The maximum Gasteiger partial charge on any atom is 0.393 e. The lowest BCUT2D eigenvalue weighted by Gasteiger charge is -2.44. The Bertz CT molecular complexity index is 615. The van der Waals surface area contributed by atoms with Crippen LogP contribution in [0.3, 0.4) is 0 Å². The van der Waals surface area contributed by atoms with E-state index in [0.717, 1.165) is 0 Å². The highest BCUT2D eigenvalue weighted by Crippen LogP contribution is 2.47. The minimum Gasteiger partial charge on any atom is -0.392 e. The molecule has 0 fully saturated rings. The van der Waals surface area contributed by atoms with Crippen LogP contribution in [-0.2, 0) is 4.79 Å². The number of aliphatic hydroxyl groups is 2. The van der Waals surface area contributed by atoms with E-state index in [1.807, 2.05) is 0 Å². The number of halogens is 3. The molecular formula is C17H21F3O3. The number of rotatable bonds is 2. The summed E-state index contributed by atoms with van der Waals surface area (Å²) in [5.41, 5.74) is -2.85. The van der Waals surface area contributed by atoms with E-state index in [1.165, 1.54) is 13.0 Å². The normalized spacial score (nSPS) is 25.3. The van der Waals surface area contributed by atoms with Gasteiger partial charge in [-0.1, -0.05) is 25.7 Å². The molecule has 0 saturated heterocycles. The largest absolute Gasteiger partial charge is 0.393 e. The Balaban J connectivity index is 3.46. The average molecular weight is 330 g/mol. The van der Waals surface area contributed by atoms with Crippen LogP contribution >= 0.6 is 0 Å². The van der Waals surface area contributed by atoms with Gasteiger partial charge in [-0.25, -0.2) is 0 Å². The zero-order valence-electron chi connectivity index (χ0n) is 13.6. The van der Waals surface area contributed by atoms with Crippen LogP contribution in [0.4, 0.5) is 13.2 Å². The van der Waals surface area contributed by atoms with Crippen LogP contribution in [0.1, 0.15) is 40.5 Å². The van der Waals surface area contributed by atoms with Crippen molar-refractivity contribution in [2.45, 2.75) is 52.3 Å². The van der Waals surface area contributed by atoms with Crippen molar-refractivity contribution in [1.82, 2.24) is 0 Å². The second kappa shape index (κ2) is 6.50. The minimum absolute atomic E-state index is 0.0552. The molecule has 0 aromatic heterocycles. The maximum absolute atomic E-state index is 12.7. The van der Waals surface area contributed by atoms with Crippen LogP contribution in [0.15, 0.2) is 22.8 Å². The fourth-order valence-corrected chi connectivity index (χ4v) is 2.64. The van der Waals surface area contributed by atoms with Gasteiger partial charge in [-0.05, 0) is 31.1 Å². The standard InChI is InChI=1S/C17H21F3O3/c1-11(6-8-21)5-7-16(23)12(2)13(9-17(18,19)20)14(22)10-15(16,3)4/h6,21,23H,8-10H2,1-4H3/b11-6-. The maximum atomic E-state index is 12.7. The lowest BCUT2D eigenvalue weighted by atomic mass is 9.62.